The first-order valence-corrected chi connectivity index (χ1v) is 5.95. The van der Waals surface area contributed by atoms with Crippen molar-refractivity contribution in [2.75, 3.05) is 0 Å². The molecule has 0 N–H and O–H groups in total. The van der Waals surface area contributed by atoms with Crippen molar-refractivity contribution >= 4 is 42.6 Å². The number of fused-ring (bicyclic) bond motifs is 1. The van der Waals surface area contributed by atoms with Crippen LogP contribution in [0.1, 0.15) is 5.56 Å². The first-order chi connectivity index (χ1) is 6.29. The van der Waals surface area contributed by atoms with Crippen LogP contribution >= 0.6 is 31.9 Å². The minimum absolute atomic E-state index is 0.912. The van der Waals surface area contributed by atoms with E-state index in [1.165, 1.54) is 16.3 Å². The summed E-state index contributed by atoms with van der Waals surface area (Å²) >= 11 is 6.92. The lowest BCUT2D eigenvalue weighted by molar-refractivity contribution is 1.46. The molecule has 2 aromatic rings. The summed E-state index contributed by atoms with van der Waals surface area (Å²) < 4.78 is 1.13. The Labute approximate surface area is 94.2 Å². The van der Waals surface area contributed by atoms with Gasteiger partial charge in [0.2, 0.25) is 0 Å². The van der Waals surface area contributed by atoms with E-state index in [9.17, 15) is 0 Å². The Bertz CT molecular complexity index is 435. The van der Waals surface area contributed by atoms with Crippen LogP contribution in [0.25, 0.3) is 10.8 Å². The zero-order valence-electron chi connectivity index (χ0n) is 6.93. The number of hydrogen-bond acceptors (Lipinski definition) is 0. The first-order valence-electron chi connectivity index (χ1n) is 4.04. The molecule has 0 bridgehead atoms. The van der Waals surface area contributed by atoms with E-state index in [0.717, 1.165) is 9.80 Å². The van der Waals surface area contributed by atoms with Crippen molar-refractivity contribution in [3.05, 3.63) is 46.4 Å². The Kier molecular flexibility index (Phi) is 2.70. The molecule has 0 saturated carbocycles. The largest absolute Gasteiger partial charge is 0.0876 e. The quantitative estimate of drug-likeness (QED) is 0.680. The molecular weight excluding hydrogens is 292 g/mol. The van der Waals surface area contributed by atoms with Crippen molar-refractivity contribution in [3.63, 3.8) is 0 Å². The van der Waals surface area contributed by atoms with Crippen molar-refractivity contribution in [1.29, 1.82) is 0 Å². The number of alkyl halides is 1. The van der Waals surface area contributed by atoms with Gasteiger partial charge in [0.05, 0.1) is 0 Å². The fourth-order valence-electron chi connectivity index (χ4n) is 1.35. The van der Waals surface area contributed by atoms with Gasteiger partial charge in [-0.15, -0.1) is 0 Å². The maximum atomic E-state index is 3.47. The standard InChI is InChI=1S/C11H8Br2/c12-7-8-1-2-9-3-4-11(13)6-10(9)5-8/h1-6H,7H2. The van der Waals surface area contributed by atoms with Crippen molar-refractivity contribution in [1.82, 2.24) is 0 Å². The monoisotopic (exact) mass is 298 g/mol. The molecule has 0 atom stereocenters. The first kappa shape index (κ1) is 9.22. The number of halogens is 2. The molecule has 0 aliphatic rings. The summed E-state index contributed by atoms with van der Waals surface area (Å²) in [6.07, 6.45) is 0. The van der Waals surface area contributed by atoms with Crippen molar-refractivity contribution in [3.8, 4) is 0 Å². The average molecular weight is 300 g/mol. The van der Waals surface area contributed by atoms with Crippen LogP contribution in [0.2, 0.25) is 0 Å². The highest BCUT2D eigenvalue weighted by molar-refractivity contribution is 9.10. The maximum absolute atomic E-state index is 3.47. The summed E-state index contributed by atoms with van der Waals surface area (Å²) in [6.45, 7) is 0. The zero-order chi connectivity index (χ0) is 9.26. The average Bonchev–Trinajstić information content (AvgIpc) is 2.16. The van der Waals surface area contributed by atoms with Crippen molar-refractivity contribution in [2.24, 2.45) is 0 Å². The molecule has 13 heavy (non-hydrogen) atoms. The van der Waals surface area contributed by atoms with E-state index in [-0.39, 0.29) is 0 Å². The van der Waals surface area contributed by atoms with Crippen LogP contribution in [0.3, 0.4) is 0 Å². The zero-order valence-corrected chi connectivity index (χ0v) is 10.1. The number of rotatable bonds is 1. The van der Waals surface area contributed by atoms with Crippen molar-refractivity contribution < 1.29 is 0 Å². The van der Waals surface area contributed by atoms with E-state index < -0.39 is 0 Å². The molecule has 66 valence electrons. The fraction of sp³-hybridized carbons (Fsp3) is 0.0909. The van der Waals surface area contributed by atoms with Gasteiger partial charge >= 0.3 is 0 Å². The Hall–Kier alpha value is -0.340. The molecule has 0 spiro atoms. The normalized spacial score (nSPS) is 10.6. The minimum atomic E-state index is 0.912. The van der Waals surface area contributed by atoms with Gasteiger partial charge in [0.25, 0.3) is 0 Å². The Morgan fingerprint density at radius 1 is 0.923 bits per heavy atom. The van der Waals surface area contributed by atoms with E-state index >= 15 is 0 Å². The van der Waals surface area contributed by atoms with E-state index in [4.69, 9.17) is 0 Å². The second-order valence-electron chi connectivity index (χ2n) is 2.96. The Morgan fingerprint density at radius 3 is 2.46 bits per heavy atom. The van der Waals surface area contributed by atoms with E-state index in [1.54, 1.807) is 0 Å². The van der Waals surface area contributed by atoms with Crippen LogP contribution in [0, 0.1) is 0 Å². The summed E-state index contributed by atoms with van der Waals surface area (Å²) in [5.74, 6) is 0. The smallest absolute Gasteiger partial charge is 0.0283 e. The molecule has 0 aliphatic heterocycles. The second kappa shape index (κ2) is 3.81. The third-order valence-electron chi connectivity index (χ3n) is 2.02. The van der Waals surface area contributed by atoms with E-state index in [0.29, 0.717) is 0 Å². The molecule has 2 heteroatoms. The summed E-state index contributed by atoms with van der Waals surface area (Å²) in [6, 6.07) is 12.8. The van der Waals surface area contributed by atoms with E-state index in [2.05, 4.69) is 68.3 Å². The van der Waals surface area contributed by atoms with E-state index in [1.807, 2.05) is 0 Å². The van der Waals surface area contributed by atoms with Crippen LogP contribution in [0.4, 0.5) is 0 Å². The van der Waals surface area contributed by atoms with Gasteiger partial charge in [-0.2, -0.15) is 0 Å². The predicted molar refractivity (Wildman–Crippen MR) is 64.3 cm³/mol. The highest BCUT2D eigenvalue weighted by Crippen LogP contribution is 2.21. The molecule has 2 rings (SSSR count). The molecule has 0 fully saturated rings. The molecule has 0 saturated heterocycles. The Morgan fingerprint density at radius 2 is 1.69 bits per heavy atom. The number of hydrogen-bond donors (Lipinski definition) is 0. The van der Waals surface area contributed by atoms with Gasteiger partial charge in [-0.05, 0) is 28.5 Å². The summed E-state index contributed by atoms with van der Waals surface area (Å²) in [7, 11) is 0. The number of benzene rings is 2. The van der Waals surface area contributed by atoms with Crippen LogP contribution in [-0.2, 0) is 5.33 Å². The SMILES string of the molecule is BrCc1ccc2ccc(Br)cc2c1. The predicted octanol–water partition coefficient (Wildman–Crippen LogP) is 4.50. The highest BCUT2D eigenvalue weighted by Gasteiger charge is 1.95. The van der Waals surface area contributed by atoms with Gasteiger partial charge in [0, 0.05) is 9.80 Å². The molecule has 0 unspecified atom stereocenters. The van der Waals surface area contributed by atoms with Gasteiger partial charge in [0.15, 0.2) is 0 Å². The molecule has 0 nitrogen and oxygen atoms in total. The van der Waals surface area contributed by atoms with Crippen LogP contribution in [-0.4, -0.2) is 0 Å². The molecule has 2 aromatic carbocycles. The lowest BCUT2D eigenvalue weighted by Crippen LogP contribution is -1.78. The lowest BCUT2D eigenvalue weighted by Gasteiger charge is -2.00. The summed E-state index contributed by atoms with van der Waals surface area (Å²) in [5.41, 5.74) is 1.31. The molecule has 0 radical (unpaired) electrons. The van der Waals surface area contributed by atoms with Crippen molar-refractivity contribution in [2.45, 2.75) is 5.33 Å². The van der Waals surface area contributed by atoms with Gasteiger partial charge in [-0.3, -0.25) is 0 Å². The molecule has 0 heterocycles. The topological polar surface area (TPSA) is 0 Å². The second-order valence-corrected chi connectivity index (χ2v) is 4.44. The van der Waals surface area contributed by atoms with Crippen LogP contribution in [0.5, 0.6) is 0 Å². The minimum Gasteiger partial charge on any atom is -0.0876 e. The summed E-state index contributed by atoms with van der Waals surface area (Å²) in [4.78, 5) is 0. The molecule has 0 amide bonds. The van der Waals surface area contributed by atoms with Gasteiger partial charge in [-0.1, -0.05) is 56.1 Å². The van der Waals surface area contributed by atoms with Gasteiger partial charge < -0.3 is 0 Å². The molecule has 0 aliphatic carbocycles. The van der Waals surface area contributed by atoms with Gasteiger partial charge in [-0.25, -0.2) is 0 Å². The lowest BCUT2D eigenvalue weighted by atomic mass is 10.1. The molecular formula is C11H8Br2. The van der Waals surface area contributed by atoms with Gasteiger partial charge in [0.1, 0.15) is 0 Å². The molecule has 0 aromatic heterocycles. The Balaban J connectivity index is 2.68. The maximum Gasteiger partial charge on any atom is 0.0283 e. The fourth-order valence-corrected chi connectivity index (χ4v) is 2.08. The third-order valence-corrected chi connectivity index (χ3v) is 3.16. The van der Waals surface area contributed by atoms with Crippen LogP contribution < -0.4 is 0 Å². The third kappa shape index (κ3) is 1.94. The summed E-state index contributed by atoms with van der Waals surface area (Å²) in [5, 5.41) is 3.48. The van der Waals surface area contributed by atoms with Crippen LogP contribution in [0.15, 0.2) is 40.9 Å². The highest BCUT2D eigenvalue weighted by atomic mass is 79.9.